The van der Waals surface area contributed by atoms with Crippen LogP contribution in [-0.4, -0.2) is 18.6 Å². The molecule has 0 unspecified atom stereocenters. The highest BCUT2D eigenvalue weighted by Gasteiger charge is 2.43. The standard InChI is InChI=1S/C20H14F4N2O3/c21-18(22)20(23,24)29-17-10-6-15(7-11-17)14-4-8-16(9-5-14)28-19(27)25-26-12-2-1-3-13-26/h1-13,18H/p+1. The van der Waals surface area contributed by atoms with E-state index in [1.165, 1.54) is 28.9 Å². The fourth-order valence-corrected chi connectivity index (χ4v) is 2.34. The van der Waals surface area contributed by atoms with E-state index in [0.717, 1.165) is 0 Å². The second-order valence-electron chi connectivity index (χ2n) is 5.80. The van der Waals surface area contributed by atoms with Crippen molar-refractivity contribution in [2.24, 2.45) is 0 Å². The lowest BCUT2D eigenvalue weighted by Gasteiger charge is -2.16. The molecular weight excluding hydrogens is 392 g/mol. The number of rotatable bonds is 6. The van der Waals surface area contributed by atoms with Crippen LogP contribution in [0.2, 0.25) is 0 Å². The molecule has 2 aromatic carbocycles. The Bertz CT molecular complexity index is 950. The van der Waals surface area contributed by atoms with Gasteiger partial charge in [0, 0.05) is 12.1 Å². The van der Waals surface area contributed by atoms with Gasteiger partial charge in [0.05, 0.1) is 0 Å². The normalized spacial score (nSPS) is 11.2. The number of pyridine rings is 1. The molecule has 0 aliphatic carbocycles. The Hall–Kier alpha value is -3.62. The second kappa shape index (κ2) is 8.59. The monoisotopic (exact) mass is 407 g/mol. The average molecular weight is 407 g/mol. The largest absolute Gasteiger partial charge is 0.466 e. The molecule has 1 amide bonds. The number of nitrogens with one attached hydrogen (secondary N) is 1. The first-order chi connectivity index (χ1) is 13.8. The summed E-state index contributed by atoms with van der Waals surface area (Å²) in [5.74, 6) is -0.0894. The van der Waals surface area contributed by atoms with E-state index < -0.39 is 18.6 Å². The van der Waals surface area contributed by atoms with Crippen LogP contribution in [0.4, 0.5) is 22.4 Å². The van der Waals surface area contributed by atoms with Gasteiger partial charge in [0.15, 0.2) is 12.4 Å². The number of benzene rings is 2. The zero-order chi connectivity index (χ0) is 20.9. The van der Waals surface area contributed by atoms with E-state index in [-0.39, 0.29) is 5.75 Å². The zero-order valence-corrected chi connectivity index (χ0v) is 14.8. The maximum Gasteiger partial charge on any atom is 0.466 e. The van der Waals surface area contributed by atoms with Crippen molar-refractivity contribution in [1.82, 2.24) is 0 Å². The lowest BCUT2D eigenvalue weighted by molar-refractivity contribution is -0.642. The van der Waals surface area contributed by atoms with E-state index in [2.05, 4.69) is 10.2 Å². The SMILES string of the molecule is O=C(N[n+]1ccccc1)Oc1ccc(-c2ccc(OC(F)(F)C(F)F)cc2)cc1. The minimum absolute atomic E-state index is 0.291. The second-order valence-corrected chi connectivity index (χ2v) is 5.80. The molecule has 1 heterocycles. The Morgan fingerprint density at radius 1 is 0.862 bits per heavy atom. The van der Waals surface area contributed by atoms with Gasteiger partial charge >= 0.3 is 18.6 Å². The number of hydrogen-bond acceptors (Lipinski definition) is 3. The van der Waals surface area contributed by atoms with E-state index in [9.17, 15) is 22.4 Å². The third kappa shape index (κ3) is 5.44. The highest BCUT2D eigenvalue weighted by Crippen LogP contribution is 2.29. The van der Waals surface area contributed by atoms with E-state index in [4.69, 9.17) is 4.74 Å². The van der Waals surface area contributed by atoms with Crippen LogP contribution in [0, 0.1) is 0 Å². The van der Waals surface area contributed by atoms with Crippen molar-refractivity contribution in [3.8, 4) is 22.6 Å². The van der Waals surface area contributed by atoms with Gasteiger partial charge in [0.25, 0.3) is 0 Å². The molecule has 0 spiro atoms. The highest BCUT2D eigenvalue weighted by atomic mass is 19.3. The third-order valence-electron chi connectivity index (χ3n) is 3.70. The van der Waals surface area contributed by atoms with Gasteiger partial charge in [-0.3, -0.25) is 0 Å². The van der Waals surface area contributed by atoms with E-state index in [0.29, 0.717) is 16.9 Å². The van der Waals surface area contributed by atoms with Crippen molar-refractivity contribution in [3.05, 3.63) is 79.1 Å². The summed E-state index contributed by atoms with van der Waals surface area (Å²) in [5.41, 5.74) is 3.83. The molecule has 0 saturated heterocycles. The van der Waals surface area contributed by atoms with Crippen molar-refractivity contribution < 1.29 is 36.5 Å². The Morgan fingerprint density at radius 2 is 1.38 bits per heavy atom. The molecule has 9 heteroatoms. The van der Waals surface area contributed by atoms with Crippen molar-refractivity contribution >= 4 is 6.09 Å². The maximum absolute atomic E-state index is 12.9. The predicted octanol–water partition coefficient (Wildman–Crippen LogP) is 4.62. The van der Waals surface area contributed by atoms with Crippen LogP contribution in [-0.2, 0) is 0 Å². The number of carbonyl (C=O) groups excluding carboxylic acids is 1. The molecule has 0 aliphatic rings. The summed E-state index contributed by atoms with van der Waals surface area (Å²) in [6.07, 6.45) is -5.90. The smallest absolute Gasteiger partial charge is 0.428 e. The first-order valence-electron chi connectivity index (χ1n) is 8.34. The molecular formula is C20H15F4N2O3+. The Morgan fingerprint density at radius 3 is 1.90 bits per heavy atom. The lowest BCUT2D eigenvalue weighted by atomic mass is 10.1. The molecule has 0 bridgehead atoms. The van der Waals surface area contributed by atoms with Gasteiger partial charge < -0.3 is 9.47 Å². The summed E-state index contributed by atoms with van der Waals surface area (Å²) < 4.78 is 60.8. The molecule has 3 aromatic rings. The van der Waals surface area contributed by atoms with Gasteiger partial charge in [0.1, 0.15) is 11.5 Å². The Labute approximate surface area is 163 Å². The number of aromatic nitrogens is 1. The van der Waals surface area contributed by atoms with Crippen LogP contribution in [0.15, 0.2) is 79.1 Å². The number of nitrogens with zero attached hydrogens (tertiary/aromatic N) is 1. The number of ether oxygens (including phenoxy) is 2. The highest BCUT2D eigenvalue weighted by molar-refractivity contribution is 5.76. The quantitative estimate of drug-likeness (QED) is 0.479. The first-order valence-corrected chi connectivity index (χ1v) is 8.34. The molecule has 1 N–H and O–H groups in total. The number of carbonyl (C=O) groups is 1. The van der Waals surface area contributed by atoms with Crippen molar-refractivity contribution in [1.29, 1.82) is 0 Å². The molecule has 150 valence electrons. The number of alkyl halides is 4. The summed E-state index contributed by atoms with van der Waals surface area (Å²) >= 11 is 0. The molecule has 0 fully saturated rings. The summed E-state index contributed by atoms with van der Waals surface area (Å²) in [6.45, 7) is 0. The number of amides is 1. The van der Waals surface area contributed by atoms with Crippen LogP contribution in [0.1, 0.15) is 0 Å². The van der Waals surface area contributed by atoms with Crippen LogP contribution in [0.25, 0.3) is 11.1 Å². The summed E-state index contributed by atoms with van der Waals surface area (Å²) in [5, 5.41) is 0. The van der Waals surface area contributed by atoms with Crippen LogP contribution < -0.4 is 19.6 Å². The lowest BCUT2D eigenvalue weighted by Crippen LogP contribution is -2.48. The average Bonchev–Trinajstić information content (AvgIpc) is 2.69. The molecule has 29 heavy (non-hydrogen) atoms. The van der Waals surface area contributed by atoms with Crippen molar-refractivity contribution in [2.45, 2.75) is 12.5 Å². The van der Waals surface area contributed by atoms with Crippen molar-refractivity contribution in [3.63, 3.8) is 0 Å². The molecule has 1 aromatic heterocycles. The zero-order valence-electron chi connectivity index (χ0n) is 14.8. The summed E-state index contributed by atoms with van der Waals surface area (Å²) in [4.78, 5) is 11.9. The van der Waals surface area contributed by atoms with Crippen LogP contribution >= 0.6 is 0 Å². The predicted molar refractivity (Wildman–Crippen MR) is 95.5 cm³/mol. The molecule has 3 rings (SSSR count). The number of hydrogen-bond donors (Lipinski definition) is 1. The van der Waals surface area contributed by atoms with Crippen LogP contribution in [0.3, 0.4) is 0 Å². The van der Waals surface area contributed by atoms with E-state index in [1.54, 1.807) is 54.9 Å². The molecule has 0 atom stereocenters. The first kappa shape index (κ1) is 20.1. The minimum atomic E-state index is -4.56. The van der Waals surface area contributed by atoms with E-state index in [1.807, 2.05) is 0 Å². The number of halogens is 4. The van der Waals surface area contributed by atoms with E-state index >= 15 is 0 Å². The van der Waals surface area contributed by atoms with Gasteiger partial charge in [-0.25, -0.2) is 4.79 Å². The summed E-state index contributed by atoms with van der Waals surface area (Å²) in [7, 11) is 0. The van der Waals surface area contributed by atoms with Gasteiger partial charge in [0.2, 0.25) is 0 Å². The molecule has 0 radical (unpaired) electrons. The van der Waals surface area contributed by atoms with Crippen LogP contribution in [0.5, 0.6) is 11.5 Å². The summed E-state index contributed by atoms with van der Waals surface area (Å²) in [6, 6.07) is 16.9. The van der Waals surface area contributed by atoms with Gasteiger partial charge in [-0.1, -0.05) is 40.4 Å². The molecule has 0 aliphatic heterocycles. The van der Waals surface area contributed by atoms with Crippen molar-refractivity contribution in [2.75, 3.05) is 5.43 Å². The fraction of sp³-hybridized carbons (Fsp3) is 0.100. The maximum atomic E-state index is 12.9. The molecule has 0 saturated carbocycles. The van der Waals surface area contributed by atoms with Gasteiger partial charge in [-0.2, -0.15) is 17.6 Å². The fourth-order valence-electron chi connectivity index (χ4n) is 2.34. The Kier molecular flexibility index (Phi) is 5.96. The molecule has 5 nitrogen and oxygen atoms in total. The third-order valence-corrected chi connectivity index (χ3v) is 3.70. The topological polar surface area (TPSA) is 51.4 Å². The Balaban J connectivity index is 1.62. The van der Waals surface area contributed by atoms with Gasteiger partial charge in [-0.05, 0) is 35.4 Å². The van der Waals surface area contributed by atoms with Gasteiger partial charge in [-0.15, -0.1) is 0 Å². The minimum Gasteiger partial charge on any atom is -0.428 e.